The number of aromatic nitrogens is 1. The molecule has 0 radical (unpaired) electrons. The van der Waals surface area contributed by atoms with Gasteiger partial charge in [0.05, 0.1) is 4.90 Å². The second kappa shape index (κ2) is 4.67. The van der Waals surface area contributed by atoms with E-state index in [9.17, 15) is 8.42 Å². The van der Waals surface area contributed by atoms with E-state index < -0.39 is 10.0 Å². The van der Waals surface area contributed by atoms with E-state index in [-0.39, 0.29) is 26.9 Å². The number of rotatable bonds is 3. The summed E-state index contributed by atoms with van der Waals surface area (Å²) in [6.45, 7) is 6.75. The number of hydrogen-bond acceptors (Lipinski definition) is 3. The molecule has 3 unspecified atom stereocenters. The van der Waals surface area contributed by atoms with Crippen molar-refractivity contribution in [1.82, 2.24) is 9.71 Å². The molecule has 1 aromatic heterocycles. The van der Waals surface area contributed by atoms with E-state index >= 15 is 0 Å². The highest BCUT2D eigenvalue weighted by Gasteiger charge is 2.61. The van der Waals surface area contributed by atoms with E-state index in [4.69, 9.17) is 11.6 Å². The molecule has 116 valence electrons. The zero-order chi connectivity index (χ0) is 15.5. The predicted molar refractivity (Wildman–Crippen MR) is 82.6 cm³/mol. The fourth-order valence-corrected chi connectivity index (χ4v) is 5.80. The molecule has 2 bridgehead atoms. The van der Waals surface area contributed by atoms with Crippen LogP contribution in [0.2, 0.25) is 5.15 Å². The van der Waals surface area contributed by atoms with Crippen LogP contribution >= 0.6 is 11.6 Å². The van der Waals surface area contributed by atoms with Gasteiger partial charge in [-0.1, -0.05) is 32.4 Å². The van der Waals surface area contributed by atoms with Gasteiger partial charge in [-0.15, -0.1) is 0 Å². The summed E-state index contributed by atoms with van der Waals surface area (Å²) < 4.78 is 28.1. The molecule has 3 atom stereocenters. The van der Waals surface area contributed by atoms with E-state index in [1.807, 2.05) is 0 Å². The molecule has 2 saturated carbocycles. The molecule has 2 aliphatic carbocycles. The number of nitrogens with zero attached hydrogens (tertiary/aromatic N) is 1. The van der Waals surface area contributed by atoms with Crippen LogP contribution in [0.25, 0.3) is 0 Å². The minimum absolute atomic E-state index is 0.0109. The number of pyridine rings is 1. The maximum Gasteiger partial charge on any atom is 0.241 e. The zero-order valence-corrected chi connectivity index (χ0v) is 14.1. The third-order valence-corrected chi connectivity index (χ3v) is 7.78. The van der Waals surface area contributed by atoms with Crippen molar-refractivity contribution in [3.8, 4) is 0 Å². The summed E-state index contributed by atoms with van der Waals surface area (Å²) in [6.07, 6.45) is 4.61. The number of sulfonamides is 1. The molecule has 4 nitrogen and oxygen atoms in total. The second-order valence-corrected chi connectivity index (χ2v) is 9.20. The maximum absolute atomic E-state index is 12.6. The molecular formula is C15H21ClN2O2S. The molecule has 0 saturated heterocycles. The Labute approximate surface area is 131 Å². The summed E-state index contributed by atoms with van der Waals surface area (Å²) in [5.41, 5.74) is 0.192. The van der Waals surface area contributed by atoms with E-state index in [2.05, 4.69) is 30.5 Å². The molecule has 6 heteroatoms. The average molecular weight is 329 g/mol. The molecule has 0 amide bonds. The lowest BCUT2D eigenvalue weighted by Gasteiger charge is -2.39. The lowest BCUT2D eigenvalue weighted by atomic mass is 9.69. The SMILES string of the molecule is CC1(C)C2CCC1(C)C(NS(=O)(=O)c1ccnc(Cl)c1)C2. The highest BCUT2D eigenvalue weighted by molar-refractivity contribution is 7.89. The van der Waals surface area contributed by atoms with E-state index in [1.165, 1.54) is 24.8 Å². The van der Waals surface area contributed by atoms with Crippen molar-refractivity contribution in [2.75, 3.05) is 0 Å². The average Bonchev–Trinajstić information content (AvgIpc) is 2.71. The van der Waals surface area contributed by atoms with Crippen molar-refractivity contribution in [2.45, 2.75) is 51.0 Å². The van der Waals surface area contributed by atoms with Gasteiger partial charge in [0.15, 0.2) is 0 Å². The van der Waals surface area contributed by atoms with E-state index in [0.717, 1.165) is 12.8 Å². The van der Waals surface area contributed by atoms with Crippen molar-refractivity contribution in [3.63, 3.8) is 0 Å². The normalized spacial score (nSPS) is 34.3. The second-order valence-electron chi connectivity index (χ2n) is 7.10. The molecule has 1 aromatic rings. The Hall–Kier alpha value is -0.650. The minimum atomic E-state index is -3.55. The molecule has 0 aromatic carbocycles. The fraction of sp³-hybridized carbons (Fsp3) is 0.667. The first-order valence-electron chi connectivity index (χ1n) is 7.31. The quantitative estimate of drug-likeness (QED) is 0.867. The Kier molecular flexibility index (Phi) is 3.39. The van der Waals surface area contributed by atoms with Gasteiger partial charge in [-0.3, -0.25) is 0 Å². The molecular weight excluding hydrogens is 308 g/mol. The summed E-state index contributed by atoms with van der Waals surface area (Å²) in [7, 11) is -3.55. The first-order valence-corrected chi connectivity index (χ1v) is 9.17. The van der Waals surface area contributed by atoms with Gasteiger partial charge in [-0.2, -0.15) is 0 Å². The summed E-state index contributed by atoms with van der Waals surface area (Å²) in [5, 5.41) is 0.192. The largest absolute Gasteiger partial charge is 0.244 e. The smallest absolute Gasteiger partial charge is 0.241 e. The summed E-state index contributed by atoms with van der Waals surface area (Å²) in [5.74, 6) is 0.594. The highest BCUT2D eigenvalue weighted by Crippen LogP contribution is 2.65. The number of nitrogens with one attached hydrogen (secondary N) is 1. The van der Waals surface area contributed by atoms with Gasteiger partial charge in [0.2, 0.25) is 10.0 Å². The standard InChI is InChI=1S/C15H21ClN2O2S/c1-14(2)10-4-6-15(14,3)12(8-10)18-21(19,20)11-5-7-17-13(16)9-11/h5,7,9-10,12,18H,4,6,8H2,1-3H3. The number of fused-ring (bicyclic) bond motifs is 2. The lowest BCUT2D eigenvalue weighted by Crippen LogP contribution is -2.46. The van der Waals surface area contributed by atoms with Gasteiger partial charge >= 0.3 is 0 Å². The van der Waals surface area contributed by atoms with Crippen molar-refractivity contribution in [1.29, 1.82) is 0 Å². The van der Waals surface area contributed by atoms with E-state index in [0.29, 0.717) is 5.92 Å². The van der Waals surface area contributed by atoms with Gasteiger partial charge in [0, 0.05) is 12.2 Å². The molecule has 1 heterocycles. The number of hydrogen-bond donors (Lipinski definition) is 1. The summed E-state index contributed by atoms with van der Waals surface area (Å²) in [6, 6.07) is 2.86. The van der Waals surface area contributed by atoms with Crippen molar-refractivity contribution < 1.29 is 8.42 Å². The zero-order valence-electron chi connectivity index (χ0n) is 12.6. The van der Waals surface area contributed by atoms with Crippen LogP contribution in [0.15, 0.2) is 23.2 Å². The van der Waals surface area contributed by atoms with Gasteiger partial charge < -0.3 is 0 Å². The molecule has 2 fully saturated rings. The van der Waals surface area contributed by atoms with Gasteiger partial charge in [-0.05, 0) is 48.1 Å². The number of halogens is 1. The van der Waals surface area contributed by atoms with Crippen LogP contribution in [0.1, 0.15) is 40.0 Å². The molecule has 3 rings (SSSR count). The third kappa shape index (κ3) is 2.21. The molecule has 21 heavy (non-hydrogen) atoms. The van der Waals surface area contributed by atoms with Crippen molar-refractivity contribution >= 4 is 21.6 Å². The first kappa shape index (κ1) is 15.3. The fourth-order valence-electron chi connectivity index (χ4n) is 4.19. The Bertz CT molecular complexity index is 674. The van der Waals surface area contributed by atoms with Crippen LogP contribution in [0, 0.1) is 16.7 Å². The Morgan fingerprint density at radius 3 is 2.62 bits per heavy atom. The maximum atomic E-state index is 12.6. The highest BCUT2D eigenvalue weighted by atomic mass is 35.5. The summed E-state index contributed by atoms with van der Waals surface area (Å²) in [4.78, 5) is 4.02. The van der Waals surface area contributed by atoms with Gasteiger partial charge in [0.25, 0.3) is 0 Å². The van der Waals surface area contributed by atoms with E-state index in [1.54, 1.807) is 0 Å². The monoisotopic (exact) mass is 328 g/mol. The van der Waals surface area contributed by atoms with Crippen LogP contribution in [0.5, 0.6) is 0 Å². The lowest BCUT2D eigenvalue weighted by molar-refractivity contribution is 0.130. The Balaban J connectivity index is 1.88. The van der Waals surface area contributed by atoms with Crippen LogP contribution < -0.4 is 4.72 Å². The van der Waals surface area contributed by atoms with Crippen molar-refractivity contribution in [3.05, 3.63) is 23.5 Å². The molecule has 0 spiro atoms. The Morgan fingerprint density at radius 2 is 2.10 bits per heavy atom. The van der Waals surface area contributed by atoms with Crippen LogP contribution in [-0.4, -0.2) is 19.4 Å². The molecule has 2 aliphatic rings. The van der Waals surface area contributed by atoms with Crippen molar-refractivity contribution in [2.24, 2.45) is 16.7 Å². The molecule has 0 aliphatic heterocycles. The minimum Gasteiger partial charge on any atom is -0.244 e. The van der Waals surface area contributed by atoms with Gasteiger partial charge in [0.1, 0.15) is 5.15 Å². The Morgan fingerprint density at radius 1 is 1.38 bits per heavy atom. The molecule has 1 N–H and O–H groups in total. The van der Waals surface area contributed by atoms with Crippen LogP contribution in [0.3, 0.4) is 0 Å². The van der Waals surface area contributed by atoms with Crippen LogP contribution in [0.4, 0.5) is 0 Å². The predicted octanol–water partition coefficient (Wildman–Crippen LogP) is 3.23. The van der Waals surface area contributed by atoms with Gasteiger partial charge in [-0.25, -0.2) is 18.1 Å². The first-order chi connectivity index (χ1) is 9.67. The topological polar surface area (TPSA) is 59.1 Å². The summed E-state index contributed by atoms with van der Waals surface area (Å²) >= 11 is 5.80. The van der Waals surface area contributed by atoms with Crippen LogP contribution in [-0.2, 0) is 10.0 Å². The third-order valence-electron chi connectivity index (χ3n) is 6.10.